The molecule has 5 heteroatoms. The number of halogens is 1. The number of aryl methyl sites for hydroxylation is 1. The van der Waals surface area contributed by atoms with Crippen LogP contribution in [0.2, 0.25) is 0 Å². The van der Waals surface area contributed by atoms with Gasteiger partial charge in [0.2, 0.25) is 10.0 Å². The van der Waals surface area contributed by atoms with Gasteiger partial charge in [0, 0.05) is 12.4 Å². The first-order valence-electron chi connectivity index (χ1n) is 6.10. The summed E-state index contributed by atoms with van der Waals surface area (Å²) < 4.78 is 26.8. The maximum absolute atomic E-state index is 12.0. The third kappa shape index (κ3) is 3.46. The van der Waals surface area contributed by atoms with Crippen molar-refractivity contribution >= 4 is 21.6 Å². The number of hydrogen-bond acceptors (Lipinski definition) is 2. The van der Waals surface area contributed by atoms with Gasteiger partial charge in [0.15, 0.2) is 0 Å². The molecule has 0 atom stereocenters. The van der Waals surface area contributed by atoms with Gasteiger partial charge in [-0.2, -0.15) is 0 Å². The van der Waals surface area contributed by atoms with Crippen LogP contribution in [0.1, 0.15) is 25.3 Å². The first-order valence-corrected chi connectivity index (χ1v) is 8.12. The second kappa shape index (κ2) is 5.19. The van der Waals surface area contributed by atoms with Crippen LogP contribution in [0.25, 0.3) is 0 Å². The van der Waals surface area contributed by atoms with Crippen molar-refractivity contribution in [1.29, 1.82) is 0 Å². The quantitative estimate of drug-likeness (QED) is 0.817. The van der Waals surface area contributed by atoms with E-state index in [1.54, 1.807) is 12.1 Å². The number of sulfonamides is 1. The van der Waals surface area contributed by atoms with Crippen molar-refractivity contribution in [3.8, 4) is 0 Å². The van der Waals surface area contributed by atoms with Crippen molar-refractivity contribution < 1.29 is 8.42 Å². The second-order valence-corrected chi connectivity index (χ2v) is 7.36. The van der Waals surface area contributed by atoms with Crippen molar-refractivity contribution in [2.45, 2.75) is 31.1 Å². The van der Waals surface area contributed by atoms with Crippen molar-refractivity contribution in [3.05, 3.63) is 29.8 Å². The van der Waals surface area contributed by atoms with Gasteiger partial charge in [-0.15, -0.1) is 11.6 Å². The predicted octanol–water partition coefficient (Wildman–Crippen LogP) is 2.55. The molecule has 2 rings (SSSR count). The fraction of sp³-hybridized carbons (Fsp3) is 0.538. The molecule has 1 saturated carbocycles. The Morgan fingerprint density at radius 1 is 1.28 bits per heavy atom. The lowest BCUT2D eigenvalue weighted by molar-refractivity contribution is 0.530. The minimum Gasteiger partial charge on any atom is -0.211 e. The van der Waals surface area contributed by atoms with Crippen LogP contribution >= 0.6 is 11.6 Å². The van der Waals surface area contributed by atoms with E-state index in [0.29, 0.717) is 17.3 Å². The fourth-order valence-corrected chi connectivity index (χ4v) is 3.10. The van der Waals surface area contributed by atoms with Gasteiger partial charge in [-0.3, -0.25) is 0 Å². The SMILES string of the molecule is CC1(CNS(=O)(=O)c2ccc(CCCl)cc2)CC1. The van der Waals surface area contributed by atoms with Gasteiger partial charge in [-0.05, 0) is 42.4 Å². The van der Waals surface area contributed by atoms with Gasteiger partial charge >= 0.3 is 0 Å². The Bertz CT molecular complexity index is 506. The summed E-state index contributed by atoms with van der Waals surface area (Å²) in [6.07, 6.45) is 2.96. The Morgan fingerprint density at radius 2 is 1.89 bits per heavy atom. The average molecular weight is 288 g/mol. The van der Waals surface area contributed by atoms with E-state index in [2.05, 4.69) is 11.6 Å². The highest BCUT2D eigenvalue weighted by Gasteiger charge is 2.38. The van der Waals surface area contributed by atoms with E-state index in [0.717, 1.165) is 24.8 Å². The first-order chi connectivity index (χ1) is 8.45. The van der Waals surface area contributed by atoms with Crippen molar-refractivity contribution in [3.63, 3.8) is 0 Å². The zero-order valence-corrected chi connectivity index (χ0v) is 12.0. The fourth-order valence-electron chi connectivity index (χ4n) is 1.69. The molecule has 0 aliphatic heterocycles. The van der Waals surface area contributed by atoms with Gasteiger partial charge in [-0.25, -0.2) is 13.1 Å². The van der Waals surface area contributed by atoms with Gasteiger partial charge in [0.05, 0.1) is 4.90 Å². The van der Waals surface area contributed by atoms with Crippen LogP contribution in [0, 0.1) is 5.41 Å². The first kappa shape index (κ1) is 13.8. The average Bonchev–Trinajstić information content (AvgIpc) is 3.07. The standard InChI is InChI=1S/C13H18ClNO2S/c1-13(7-8-13)10-15-18(16,17)12-4-2-11(3-5-12)6-9-14/h2-5,15H,6-10H2,1H3. The van der Waals surface area contributed by atoms with Crippen molar-refractivity contribution in [2.75, 3.05) is 12.4 Å². The maximum atomic E-state index is 12.0. The van der Waals surface area contributed by atoms with Crippen LogP contribution in [-0.2, 0) is 16.4 Å². The molecule has 0 saturated heterocycles. The van der Waals surface area contributed by atoms with Crippen molar-refractivity contribution in [1.82, 2.24) is 4.72 Å². The van der Waals surface area contributed by atoms with Crippen LogP contribution in [0.4, 0.5) is 0 Å². The molecule has 0 unspecified atom stereocenters. The lowest BCUT2D eigenvalue weighted by Crippen LogP contribution is -2.29. The maximum Gasteiger partial charge on any atom is 0.240 e. The molecule has 1 aliphatic rings. The minimum absolute atomic E-state index is 0.172. The van der Waals surface area contributed by atoms with E-state index < -0.39 is 10.0 Å². The third-order valence-electron chi connectivity index (χ3n) is 3.41. The highest BCUT2D eigenvalue weighted by atomic mass is 35.5. The Balaban J connectivity index is 2.04. The molecule has 0 amide bonds. The molecule has 0 spiro atoms. The molecular weight excluding hydrogens is 270 g/mol. The summed E-state index contributed by atoms with van der Waals surface area (Å²) in [5, 5.41) is 0. The van der Waals surface area contributed by atoms with Crippen LogP contribution in [0.3, 0.4) is 0 Å². The lowest BCUT2D eigenvalue weighted by atomic mass is 10.2. The summed E-state index contributed by atoms with van der Waals surface area (Å²) >= 11 is 5.64. The van der Waals surface area contributed by atoms with Crippen LogP contribution < -0.4 is 4.72 Å². The number of benzene rings is 1. The Kier molecular flexibility index (Phi) is 3.99. The van der Waals surface area contributed by atoms with Crippen LogP contribution in [-0.4, -0.2) is 20.8 Å². The minimum atomic E-state index is -3.37. The zero-order valence-electron chi connectivity index (χ0n) is 10.4. The molecule has 18 heavy (non-hydrogen) atoms. The zero-order chi connectivity index (χ0) is 13.2. The molecule has 1 fully saturated rings. The second-order valence-electron chi connectivity index (χ2n) is 5.22. The largest absolute Gasteiger partial charge is 0.240 e. The van der Waals surface area contributed by atoms with Crippen LogP contribution in [0.15, 0.2) is 29.2 Å². The van der Waals surface area contributed by atoms with E-state index >= 15 is 0 Å². The summed E-state index contributed by atoms with van der Waals surface area (Å²) in [5.41, 5.74) is 1.23. The molecule has 0 radical (unpaired) electrons. The summed E-state index contributed by atoms with van der Waals surface area (Å²) in [7, 11) is -3.37. The summed E-state index contributed by atoms with van der Waals surface area (Å²) in [6.45, 7) is 2.62. The van der Waals surface area contributed by atoms with Gasteiger partial charge in [0.1, 0.15) is 0 Å². The van der Waals surface area contributed by atoms with E-state index in [9.17, 15) is 8.42 Å². The topological polar surface area (TPSA) is 46.2 Å². The number of nitrogens with one attached hydrogen (secondary N) is 1. The smallest absolute Gasteiger partial charge is 0.211 e. The molecule has 100 valence electrons. The number of alkyl halides is 1. The molecule has 1 aromatic rings. The Hall–Kier alpha value is -0.580. The van der Waals surface area contributed by atoms with E-state index in [4.69, 9.17) is 11.6 Å². The van der Waals surface area contributed by atoms with Crippen molar-refractivity contribution in [2.24, 2.45) is 5.41 Å². The summed E-state index contributed by atoms with van der Waals surface area (Å²) in [6, 6.07) is 6.91. The molecule has 1 N–H and O–H groups in total. The molecule has 1 aliphatic carbocycles. The summed E-state index contributed by atoms with van der Waals surface area (Å²) in [4.78, 5) is 0.324. The highest BCUT2D eigenvalue weighted by Crippen LogP contribution is 2.44. The third-order valence-corrected chi connectivity index (χ3v) is 5.02. The molecular formula is C13H18ClNO2S. The molecule has 0 bridgehead atoms. The van der Waals surface area contributed by atoms with Gasteiger partial charge in [-0.1, -0.05) is 19.1 Å². The monoisotopic (exact) mass is 287 g/mol. The molecule has 0 aromatic heterocycles. The Morgan fingerprint density at radius 3 is 2.39 bits per heavy atom. The van der Waals surface area contributed by atoms with Gasteiger partial charge in [0.25, 0.3) is 0 Å². The van der Waals surface area contributed by atoms with E-state index in [1.165, 1.54) is 0 Å². The van der Waals surface area contributed by atoms with E-state index in [1.807, 2.05) is 12.1 Å². The lowest BCUT2D eigenvalue weighted by Gasteiger charge is -2.11. The summed E-state index contributed by atoms with van der Waals surface area (Å²) in [5.74, 6) is 0.544. The van der Waals surface area contributed by atoms with Gasteiger partial charge < -0.3 is 0 Å². The predicted molar refractivity (Wildman–Crippen MR) is 73.4 cm³/mol. The molecule has 3 nitrogen and oxygen atoms in total. The normalized spacial score (nSPS) is 17.7. The van der Waals surface area contributed by atoms with Crippen LogP contribution in [0.5, 0.6) is 0 Å². The number of rotatable bonds is 6. The Labute approximate surface area is 114 Å². The molecule has 0 heterocycles. The number of hydrogen-bond donors (Lipinski definition) is 1. The van der Waals surface area contributed by atoms with E-state index in [-0.39, 0.29) is 5.41 Å². The highest BCUT2D eigenvalue weighted by molar-refractivity contribution is 7.89. The molecule has 1 aromatic carbocycles.